The predicted octanol–water partition coefficient (Wildman–Crippen LogP) is 2.68. The van der Waals surface area contributed by atoms with Crippen molar-refractivity contribution < 1.29 is 9.13 Å². The van der Waals surface area contributed by atoms with Crippen LogP contribution in [0.25, 0.3) is 0 Å². The Hall–Kier alpha value is -0.740. The summed E-state index contributed by atoms with van der Waals surface area (Å²) in [5.74, 6) is -0.260. The summed E-state index contributed by atoms with van der Waals surface area (Å²) in [7, 11) is 0. The van der Waals surface area contributed by atoms with Crippen molar-refractivity contribution >= 4 is 17.4 Å². The Kier molecular flexibility index (Phi) is 3.49. The van der Waals surface area contributed by atoms with Gasteiger partial charge in [-0.2, -0.15) is 0 Å². The Morgan fingerprint density at radius 1 is 1.27 bits per heavy atom. The molecule has 1 aliphatic rings. The molecule has 0 radical (unpaired) electrons. The van der Waals surface area contributed by atoms with Crippen molar-refractivity contribution in [2.24, 2.45) is 0 Å². The molecule has 15 heavy (non-hydrogen) atoms. The van der Waals surface area contributed by atoms with Gasteiger partial charge < -0.3 is 10.5 Å². The Morgan fingerprint density at radius 2 is 2.00 bits per heavy atom. The second-order valence-electron chi connectivity index (χ2n) is 3.65. The van der Waals surface area contributed by atoms with Gasteiger partial charge in [0.1, 0.15) is 5.82 Å². The minimum absolute atomic E-state index is 0.260. The highest BCUT2D eigenvalue weighted by molar-refractivity contribution is 8.00. The molecule has 0 unspecified atom stereocenters. The molecule has 0 saturated carbocycles. The molecule has 1 aliphatic heterocycles. The first-order valence-electron chi connectivity index (χ1n) is 5.04. The third-order valence-corrected chi connectivity index (χ3v) is 3.68. The summed E-state index contributed by atoms with van der Waals surface area (Å²) in [6.07, 6.45) is 2.06. The first kappa shape index (κ1) is 10.8. The lowest BCUT2D eigenvalue weighted by Gasteiger charge is -2.21. The van der Waals surface area contributed by atoms with Crippen molar-refractivity contribution in [1.82, 2.24) is 0 Å². The Balaban J connectivity index is 2.02. The van der Waals surface area contributed by atoms with Gasteiger partial charge in [-0.25, -0.2) is 4.39 Å². The van der Waals surface area contributed by atoms with Crippen molar-refractivity contribution in [2.75, 3.05) is 18.9 Å². The van der Waals surface area contributed by atoms with Crippen LogP contribution in [0, 0.1) is 5.82 Å². The number of nitrogens with two attached hydrogens (primary N) is 1. The standard InChI is InChI=1S/C11H14FNOS/c12-8-5-9(13)7-11(6-8)15-10-1-3-14-4-2-10/h5-7,10H,1-4,13H2. The van der Waals surface area contributed by atoms with E-state index in [0.717, 1.165) is 31.0 Å². The summed E-state index contributed by atoms with van der Waals surface area (Å²) >= 11 is 1.69. The van der Waals surface area contributed by atoms with Crippen molar-refractivity contribution in [2.45, 2.75) is 23.0 Å². The fourth-order valence-corrected chi connectivity index (χ4v) is 2.84. The number of rotatable bonds is 2. The molecule has 2 N–H and O–H groups in total. The van der Waals surface area contributed by atoms with Crippen LogP contribution in [-0.2, 0) is 4.74 Å². The number of thioether (sulfide) groups is 1. The van der Waals surface area contributed by atoms with E-state index in [-0.39, 0.29) is 5.82 Å². The number of anilines is 1. The lowest BCUT2D eigenvalue weighted by atomic mass is 10.2. The van der Waals surface area contributed by atoms with E-state index in [1.54, 1.807) is 11.8 Å². The monoisotopic (exact) mass is 227 g/mol. The second-order valence-corrected chi connectivity index (χ2v) is 5.02. The molecule has 1 fully saturated rings. The van der Waals surface area contributed by atoms with Gasteiger partial charge in [-0.3, -0.25) is 0 Å². The molecule has 82 valence electrons. The van der Waals surface area contributed by atoms with E-state index in [9.17, 15) is 4.39 Å². The minimum atomic E-state index is -0.260. The van der Waals surface area contributed by atoms with E-state index in [1.165, 1.54) is 12.1 Å². The third-order valence-electron chi connectivity index (χ3n) is 2.36. The smallest absolute Gasteiger partial charge is 0.126 e. The van der Waals surface area contributed by atoms with Gasteiger partial charge in [0.2, 0.25) is 0 Å². The van der Waals surface area contributed by atoms with Crippen LogP contribution in [0.1, 0.15) is 12.8 Å². The minimum Gasteiger partial charge on any atom is -0.399 e. The predicted molar refractivity (Wildman–Crippen MR) is 60.5 cm³/mol. The van der Waals surface area contributed by atoms with Crippen LogP contribution in [0.2, 0.25) is 0 Å². The lowest BCUT2D eigenvalue weighted by Crippen LogP contribution is -2.17. The van der Waals surface area contributed by atoms with Gasteiger partial charge >= 0.3 is 0 Å². The summed E-state index contributed by atoms with van der Waals surface area (Å²) in [5, 5.41) is 0.528. The van der Waals surface area contributed by atoms with E-state index in [4.69, 9.17) is 10.5 Å². The molecule has 1 aromatic rings. The highest BCUT2D eigenvalue weighted by Crippen LogP contribution is 2.31. The molecule has 2 nitrogen and oxygen atoms in total. The van der Waals surface area contributed by atoms with Crippen molar-refractivity contribution in [3.8, 4) is 0 Å². The Bertz CT molecular complexity index is 319. The number of hydrogen-bond acceptors (Lipinski definition) is 3. The summed E-state index contributed by atoms with van der Waals surface area (Å²) in [6, 6.07) is 4.70. The van der Waals surface area contributed by atoms with Crippen molar-refractivity contribution in [1.29, 1.82) is 0 Å². The van der Waals surface area contributed by atoms with Crippen LogP contribution in [0.5, 0.6) is 0 Å². The number of halogens is 1. The van der Waals surface area contributed by atoms with Crippen LogP contribution in [0.15, 0.2) is 23.1 Å². The highest BCUT2D eigenvalue weighted by Gasteiger charge is 2.15. The molecule has 0 aliphatic carbocycles. The molecule has 1 aromatic carbocycles. The van der Waals surface area contributed by atoms with E-state index in [2.05, 4.69) is 0 Å². The quantitative estimate of drug-likeness (QED) is 0.789. The molecule has 0 amide bonds. The fraction of sp³-hybridized carbons (Fsp3) is 0.455. The lowest BCUT2D eigenvalue weighted by molar-refractivity contribution is 0.100. The summed E-state index contributed by atoms with van der Waals surface area (Å²) < 4.78 is 18.3. The molecule has 4 heteroatoms. The highest BCUT2D eigenvalue weighted by atomic mass is 32.2. The van der Waals surface area contributed by atoms with E-state index >= 15 is 0 Å². The molecule has 0 aromatic heterocycles. The van der Waals surface area contributed by atoms with Crippen LogP contribution in [0.4, 0.5) is 10.1 Å². The van der Waals surface area contributed by atoms with Gasteiger partial charge in [0.05, 0.1) is 0 Å². The number of hydrogen-bond donors (Lipinski definition) is 1. The summed E-state index contributed by atoms with van der Waals surface area (Å²) in [6.45, 7) is 1.62. The SMILES string of the molecule is Nc1cc(F)cc(SC2CCOCC2)c1. The topological polar surface area (TPSA) is 35.2 Å². The van der Waals surface area contributed by atoms with Crippen molar-refractivity contribution in [3.63, 3.8) is 0 Å². The van der Waals surface area contributed by atoms with Gasteiger partial charge in [0.25, 0.3) is 0 Å². The zero-order valence-electron chi connectivity index (χ0n) is 8.41. The van der Waals surface area contributed by atoms with Crippen LogP contribution in [-0.4, -0.2) is 18.5 Å². The van der Waals surface area contributed by atoms with E-state index in [0.29, 0.717) is 10.9 Å². The van der Waals surface area contributed by atoms with Crippen LogP contribution in [0.3, 0.4) is 0 Å². The van der Waals surface area contributed by atoms with Gasteiger partial charge in [0.15, 0.2) is 0 Å². The Morgan fingerprint density at radius 3 is 2.67 bits per heavy atom. The molecular weight excluding hydrogens is 213 g/mol. The Labute approximate surface area is 93.0 Å². The molecular formula is C11H14FNOS. The molecule has 2 rings (SSSR count). The maximum absolute atomic E-state index is 13.1. The molecule has 0 bridgehead atoms. The van der Waals surface area contributed by atoms with E-state index in [1.807, 2.05) is 6.07 Å². The number of benzene rings is 1. The maximum atomic E-state index is 13.1. The van der Waals surface area contributed by atoms with Gasteiger partial charge in [-0.05, 0) is 31.0 Å². The normalized spacial score (nSPS) is 17.9. The fourth-order valence-electron chi connectivity index (χ4n) is 1.64. The molecule has 1 heterocycles. The zero-order valence-corrected chi connectivity index (χ0v) is 9.23. The van der Waals surface area contributed by atoms with E-state index < -0.39 is 0 Å². The zero-order chi connectivity index (χ0) is 10.7. The second kappa shape index (κ2) is 4.86. The van der Waals surface area contributed by atoms with Gasteiger partial charge in [-0.1, -0.05) is 0 Å². The maximum Gasteiger partial charge on any atom is 0.126 e. The third kappa shape index (κ3) is 3.11. The molecule has 0 atom stereocenters. The largest absolute Gasteiger partial charge is 0.399 e. The summed E-state index contributed by atoms with van der Waals surface area (Å²) in [4.78, 5) is 0.916. The number of nitrogen functional groups attached to an aromatic ring is 1. The van der Waals surface area contributed by atoms with Gasteiger partial charge in [-0.15, -0.1) is 11.8 Å². The number of ether oxygens (including phenoxy) is 1. The first-order valence-corrected chi connectivity index (χ1v) is 5.92. The first-order chi connectivity index (χ1) is 7.24. The van der Waals surface area contributed by atoms with Crippen LogP contribution < -0.4 is 5.73 Å². The molecule has 1 saturated heterocycles. The molecule has 0 spiro atoms. The van der Waals surface area contributed by atoms with Gasteiger partial charge in [0, 0.05) is 29.0 Å². The average molecular weight is 227 g/mol. The average Bonchev–Trinajstić information content (AvgIpc) is 2.17. The summed E-state index contributed by atoms with van der Waals surface area (Å²) in [5.41, 5.74) is 6.08. The van der Waals surface area contributed by atoms with Crippen molar-refractivity contribution in [3.05, 3.63) is 24.0 Å². The van der Waals surface area contributed by atoms with Crippen LogP contribution >= 0.6 is 11.8 Å².